The van der Waals surface area contributed by atoms with Crippen molar-refractivity contribution < 1.29 is 0 Å². The Kier molecular flexibility index (Phi) is 4.20. The second-order valence-electron chi connectivity index (χ2n) is 5.26. The highest BCUT2D eigenvalue weighted by molar-refractivity contribution is 9.09. The molecule has 0 aliphatic carbocycles. The van der Waals surface area contributed by atoms with Crippen LogP contribution in [0.1, 0.15) is 34.1 Å². The predicted octanol–water partition coefficient (Wildman–Crippen LogP) is 3.45. The standard InChI is InChI=1S/C12H22BrN/c1-10(2)5-7-14-8-6-11(13)12(3,4)9-14/h5,11H,6-9H2,1-4H3. The number of piperidine rings is 1. The Morgan fingerprint density at radius 3 is 2.64 bits per heavy atom. The second-order valence-corrected chi connectivity index (χ2v) is 6.37. The van der Waals surface area contributed by atoms with Crippen molar-refractivity contribution in [2.75, 3.05) is 19.6 Å². The van der Waals surface area contributed by atoms with Gasteiger partial charge in [-0.25, -0.2) is 0 Å². The van der Waals surface area contributed by atoms with E-state index in [9.17, 15) is 0 Å². The van der Waals surface area contributed by atoms with Crippen LogP contribution in [0.3, 0.4) is 0 Å². The van der Waals surface area contributed by atoms with E-state index in [1.165, 1.54) is 25.1 Å². The summed E-state index contributed by atoms with van der Waals surface area (Å²) >= 11 is 3.78. The molecule has 0 radical (unpaired) electrons. The fourth-order valence-electron chi connectivity index (χ4n) is 1.91. The van der Waals surface area contributed by atoms with Crippen molar-refractivity contribution >= 4 is 15.9 Å². The summed E-state index contributed by atoms with van der Waals surface area (Å²) in [5, 5.41) is 0. The lowest BCUT2D eigenvalue weighted by Crippen LogP contribution is -2.46. The average Bonchev–Trinajstić information content (AvgIpc) is 2.07. The van der Waals surface area contributed by atoms with Crippen LogP contribution < -0.4 is 0 Å². The number of alkyl halides is 1. The summed E-state index contributed by atoms with van der Waals surface area (Å²) in [6, 6.07) is 0. The Hall–Kier alpha value is 0.180. The van der Waals surface area contributed by atoms with Crippen molar-refractivity contribution in [1.29, 1.82) is 0 Å². The third-order valence-corrected chi connectivity index (χ3v) is 4.63. The Bertz CT molecular complexity index is 216. The van der Waals surface area contributed by atoms with E-state index in [1.54, 1.807) is 0 Å². The lowest BCUT2D eigenvalue weighted by atomic mass is 9.84. The van der Waals surface area contributed by atoms with Crippen LogP contribution in [0, 0.1) is 5.41 Å². The molecule has 1 aliphatic rings. The normalized spacial score (nSPS) is 27.4. The molecule has 0 saturated carbocycles. The highest BCUT2D eigenvalue weighted by atomic mass is 79.9. The van der Waals surface area contributed by atoms with Gasteiger partial charge in [-0.3, -0.25) is 4.90 Å². The lowest BCUT2D eigenvalue weighted by Gasteiger charge is -2.41. The van der Waals surface area contributed by atoms with Crippen molar-refractivity contribution in [2.45, 2.75) is 38.9 Å². The Balaban J connectivity index is 2.48. The number of halogens is 1. The number of allylic oxidation sites excluding steroid dienone is 1. The summed E-state index contributed by atoms with van der Waals surface area (Å²) in [6.45, 7) is 12.6. The minimum Gasteiger partial charge on any atom is -0.299 e. The molecule has 1 atom stereocenters. The fourth-order valence-corrected chi connectivity index (χ4v) is 2.26. The fraction of sp³-hybridized carbons (Fsp3) is 0.833. The molecule has 0 aromatic carbocycles. The molecule has 1 saturated heterocycles. The second kappa shape index (κ2) is 4.80. The molecule has 0 amide bonds. The molecule has 1 heterocycles. The zero-order valence-electron chi connectivity index (χ0n) is 9.81. The Morgan fingerprint density at radius 1 is 1.50 bits per heavy atom. The van der Waals surface area contributed by atoms with Crippen LogP contribution in [0.5, 0.6) is 0 Å². The van der Waals surface area contributed by atoms with Gasteiger partial charge in [0.15, 0.2) is 0 Å². The van der Waals surface area contributed by atoms with Gasteiger partial charge < -0.3 is 0 Å². The SMILES string of the molecule is CC(C)=CCN1CCC(Br)C(C)(C)C1. The van der Waals surface area contributed by atoms with Crippen LogP contribution in [0.15, 0.2) is 11.6 Å². The van der Waals surface area contributed by atoms with E-state index in [1.807, 2.05) is 0 Å². The van der Waals surface area contributed by atoms with Crippen LogP contribution in [-0.2, 0) is 0 Å². The summed E-state index contributed by atoms with van der Waals surface area (Å²) in [6.07, 6.45) is 3.59. The van der Waals surface area contributed by atoms with Gasteiger partial charge in [0.1, 0.15) is 0 Å². The highest BCUT2D eigenvalue weighted by Crippen LogP contribution is 2.34. The number of nitrogens with zero attached hydrogens (tertiary/aromatic N) is 1. The molecule has 0 bridgehead atoms. The van der Waals surface area contributed by atoms with Crippen molar-refractivity contribution in [3.63, 3.8) is 0 Å². The third kappa shape index (κ3) is 3.39. The summed E-state index contributed by atoms with van der Waals surface area (Å²) in [7, 11) is 0. The number of hydrogen-bond acceptors (Lipinski definition) is 1. The molecule has 0 aromatic heterocycles. The lowest BCUT2D eigenvalue weighted by molar-refractivity contribution is 0.139. The monoisotopic (exact) mass is 259 g/mol. The molecular formula is C12H22BrN. The van der Waals surface area contributed by atoms with Crippen LogP contribution in [0.4, 0.5) is 0 Å². The first-order valence-corrected chi connectivity index (χ1v) is 6.33. The average molecular weight is 260 g/mol. The van der Waals surface area contributed by atoms with Gasteiger partial charge in [0.25, 0.3) is 0 Å². The maximum Gasteiger partial charge on any atom is 0.0221 e. The topological polar surface area (TPSA) is 3.24 Å². The first-order chi connectivity index (χ1) is 6.42. The molecule has 14 heavy (non-hydrogen) atoms. The first-order valence-electron chi connectivity index (χ1n) is 5.41. The van der Waals surface area contributed by atoms with Gasteiger partial charge in [-0.15, -0.1) is 0 Å². The van der Waals surface area contributed by atoms with Gasteiger partial charge in [0.2, 0.25) is 0 Å². The van der Waals surface area contributed by atoms with Gasteiger partial charge in [0, 0.05) is 17.9 Å². The quantitative estimate of drug-likeness (QED) is 0.543. The zero-order valence-corrected chi connectivity index (χ0v) is 11.4. The minimum absolute atomic E-state index is 0.410. The number of likely N-dealkylation sites (tertiary alicyclic amines) is 1. The van der Waals surface area contributed by atoms with E-state index >= 15 is 0 Å². The molecule has 1 unspecified atom stereocenters. The number of hydrogen-bond donors (Lipinski definition) is 0. The zero-order chi connectivity index (χ0) is 10.8. The van der Waals surface area contributed by atoms with E-state index in [0.717, 1.165) is 6.54 Å². The molecular weight excluding hydrogens is 238 g/mol. The van der Waals surface area contributed by atoms with E-state index in [4.69, 9.17) is 0 Å². The van der Waals surface area contributed by atoms with Crippen LogP contribution in [-0.4, -0.2) is 29.4 Å². The minimum atomic E-state index is 0.410. The highest BCUT2D eigenvalue weighted by Gasteiger charge is 2.33. The van der Waals surface area contributed by atoms with Gasteiger partial charge in [-0.05, 0) is 32.2 Å². The van der Waals surface area contributed by atoms with E-state index in [-0.39, 0.29) is 0 Å². The summed E-state index contributed by atoms with van der Waals surface area (Å²) < 4.78 is 0. The maximum absolute atomic E-state index is 3.78. The molecule has 0 spiro atoms. The molecule has 1 rings (SSSR count). The van der Waals surface area contributed by atoms with Crippen LogP contribution in [0.25, 0.3) is 0 Å². The Morgan fingerprint density at radius 2 is 2.14 bits per heavy atom. The van der Waals surface area contributed by atoms with Crippen LogP contribution >= 0.6 is 15.9 Å². The summed E-state index contributed by atoms with van der Waals surface area (Å²) in [5.41, 5.74) is 1.83. The summed E-state index contributed by atoms with van der Waals surface area (Å²) in [5.74, 6) is 0. The van der Waals surface area contributed by atoms with E-state index in [2.05, 4.69) is 54.6 Å². The van der Waals surface area contributed by atoms with Crippen molar-refractivity contribution in [3.05, 3.63) is 11.6 Å². The smallest absolute Gasteiger partial charge is 0.0221 e. The van der Waals surface area contributed by atoms with E-state index < -0.39 is 0 Å². The van der Waals surface area contributed by atoms with Gasteiger partial charge >= 0.3 is 0 Å². The van der Waals surface area contributed by atoms with E-state index in [0.29, 0.717) is 10.2 Å². The maximum atomic E-state index is 3.78. The molecule has 1 nitrogen and oxygen atoms in total. The third-order valence-electron chi connectivity index (χ3n) is 2.94. The largest absolute Gasteiger partial charge is 0.299 e. The molecule has 82 valence electrons. The Labute approximate surface area is 96.7 Å². The molecule has 1 aliphatic heterocycles. The van der Waals surface area contributed by atoms with Gasteiger partial charge in [0.05, 0.1) is 0 Å². The predicted molar refractivity (Wildman–Crippen MR) is 67.0 cm³/mol. The number of rotatable bonds is 2. The molecule has 0 N–H and O–H groups in total. The van der Waals surface area contributed by atoms with Crippen LogP contribution in [0.2, 0.25) is 0 Å². The van der Waals surface area contributed by atoms with Gasteiger partial charge in [-0.1, -0.05) is 41.4 Å². The van der Waals surface area contributed by atoms with Crippen molar-refractivity contribution in [1.82, 2.24) is 4.90 Å². The molecule has 0 aromatic rings. The van der Waals surface area contributed by atoms with Crippen molar-refractivity contribution in [2.24, 2.45) is 5.41 Å². The molecule has 2 heteroatoms. The summed E-state index contributed by atoms with van der Waals surface area (Å²) in [4.78, 5) is 3.23. The first kappa shape index (κ1) is 12.3. The molecule has 1 fully saturated rings. The van der Waals surface area contributed by atoms with Crippen molar-refractivity contribution in [3.8, 4) is 0 Å². The van der Waals surface area contributed by atoms with Gasteiger partial charge in [-0.2, -0.15) is 0 Å².